The summed E-state index contributed by atoms with van der Waals surface area (Å²) in [6, 6.07) is 1.66. The zero-order valence-corrected chi connectivity index (χ0v) is 28.4. The topological polar surface area (TPSA) is 114 Å². The first-order valence-electron chi connectivity index (χ1n) is 14.6. The lowest BCUT2D eigenvalue weighted by Crippen LogP contribution is -2.47. The number of rotatable bonds is 14. The molecule has 10 heteroatoms. The van der Waals surface area contributed by atoms with Gasteiger partial charge in [-0.1, -0.05) is 45.1 Å². The first kappa shape index (κ1) is 36.0. The van der Waals surface area contributed by atoms with Gasteiger partial charge in [-0.15, -0.1) is 0 Å². The molecule has 1 N–H and O–H groups in total. The van der Waals surface area contributed by atoms with Crippen molar-refractivity contribution in [2.24, 2.45) is 5.92 Å². The molecule has 1 fully saturated rings. The summed E-state index contributed by atoms with van der Waals surface area (Å²) in [6.45, 7) is 24.1. The van der Waals surface area contributed by atoms with E-state index in [0.717, 1.165) is 5.57 Å². The largest absolute Gasteiger partial charge is 0.469 e. The van der Waals surface area contributed by atoms with Gasteiger partial charge >= 0.3 is 11.9 Å². The van der Waals surface area contributed by atoms with E-state index in [0.29, 0.717) is 29.9 Å². The summed E-state index contributed by atoms with van der Waals surface area (Å²) in [5.74, 6) is -1.17. The minimum Gasteiger partial charge on any atom is -0.469 e. The van der Waals surface area contributed by atoms with Crippen molar-refractivity contribution in [3.63, 3.8) is 0 Å². The lowest BCUT2D eigenvalue weighted by molar-refractivity contribution is -0.165. The lowest BCUT2D eigenvalue weighted by Gasteiger charge is -2.41. The van der Waals surface area contributed by atoms with E-state index in [4.69, 9.17) is 27.8 Å². The Morgan fingerprint density at radius 3 is 2.40 bits per heavy atom. The highest BCUT2D eigenvalue weighted by Gasteiger charge is 2.54. The Labute approximate surface area is 252 Å². The van der Waals surface area contributed by atoms with Gasteiger partial charge in [0.25, 0.3) is 0 Å². The van der Waals surface area contributed by atoms with Gasteiger partial charge in [0.1, 0.15) is 28.8 Å². The minimum absolute atomic E-state index is 0.0391. The van der Waals surface area contributed by atoms with Crippen LogP contribution in [0.1, 0.15) is 96.2 Å². The van der Waals surface area contributed by atoms with E-state index in [1.165, 1.54) is 7.11 Å². The number of aliphatic hydroxyl groups is 1. The third-order valence-corrected chi connectivity index (χ3v) is 12.6. The standard InChI is InChI=1S/C32H52O9Si/c1-13-37-29(35)24-18-26(38-25(24)17-22(21(2)3)15-14-16-27(34)36-10)28-32(9,41-31(7,8)39-28)19-23(20-33)40-42(11,12)30(4,5)6/h14-15,18,22-23,28,33H,2,13,16-17,19-20H2,1,3-12H3/b15-14+/t22-,23+,28+,32-/m1/s1. The van der Waals surface area contributed by atoms with E-state index in [1.807, 2.05) is 33.8 Å². The summed E-state index contributed by atoms with van der Waals surface area (Å²) < 4.78 is 35.9. The van der Waals surface area contributed by atoms with Crippen molar-refractivity contribution in [1.82, 2.24) is 0 Å². The highest BCUT2D eigenvalue weighted by molar-refractivity contribution is 6.74. The molecule has 1 aromatic heterocycles. The molecule has 1 saturated heterocycles. The van der Waals surface area contributed by atoms with E-state index >= 15 is 0 Å². The van der Waals surface area contributed by atoms with E-state index in [9.17, 15) is 14.7 Å². The van der Waals surface area contributed by atoms with Crippen LogP contribution in [0.25, 0.3) is 0 Å². The molecular weight excluding hydrogens is 556 g/mol. The van der Waals surface area contributed by atoms with Gasteiger partial charge in [-0.2, -0.15) is 0 Å². The van der Waals surface area contributed by atoms with E-state index < -0.39 is 37.9 Å². The molecule has 9 nitrogen and oxygen atoms in total. The third kappa shape index (κ3) is 9.13. The second kappa shape index (κ2) is 14.0. The summed E-state index contributed by atoms with van der Waals surface area (Å²) in [7, 11) is -0.853. The lowest BCUT2D eigenvalue weighted by atomic mass is 9.90. The number of esters is 2. The van der Waals surface area contributed by atoms with E-state index in [-0.39, 0.29) is 36.6 Å². The molecule has 42 heavy (non-hydrogen) atoms. The van der Waals surface area contributed by atoms with Crippen molar-refractivity contribution in [3.8, 4) is 0 Å². The molecule has 0 saturated carbocycles. The zero-order chi connectivity index (χ0) is 32.1. The van der Waals surface area contributed by atoms with Gasteiger partial charge in [0, 0.05) is 18.8 Å². The molecule has 0 aromatic carbocycles. The number of aliphatic hydroxyl groups excluding tert-OH is 1. The Bertz CT molecular complexity index is 1130. The van der Waals surface area contributed by atoms with E-state index in [1.54, 1.807) is 19.1 Å². The number of allylic oxidation sites excluding steroid dienone is 2. The normalized spacial score (nSPS) is 22.2. The molecular formula is C32H52O9Si. The third-order valence-electron chi connectivity index (χ3n) is 8.04. The van der Waals surface area contributed by atoms with Gasteiger partial charge < -0.3 is 32.9 Å². The van der Waals surface area contributed by atoms with Crippen molar-refractivity contribution >= 4 is 20.3 Å². The highest BCUT2D eigenvalue weighted by atomic mass is 28.4. The fraction of sp³-hybridized carbons (Fsp3) is 0.688. The average Bonchev–Trinajstić information content (AvgIpc) is 3.38. The van der Waals surface area contributed by atoms with Crippen LogP contribution in [0.3, 0.4) is 0 Å². The number of methoxy groups -OCH3 is 1. The number of ether oxygens (including phenoxy) is 4. The van der Waals surface area contributed by atoms with Crippen LogP contribution in [0.15, 0.2) is 34.8 Å². The number of furan rings is 1. The summed E-state index contributed by atoms with van der Waals surface area (Å²) in [4.78, 5) is 24.6. The molecule has 4 atom stereocenters. The highest BCUT2D eigenvalue weighted by Crippen LogP contribution is 2.50. The molecule has 0 amide bonds. The number of hydrogen-bond donors (Lipinski definition) is 1. The maximum atomic E-state index is 13.0. The molecule has 0 unspecified atom stereocenters. The molecule has 2 rings (SSSR count). The molecule has 0 spiro atoms. The van der Waals surface area contributed by atoms with Gasteiger partial charge in [-0.05, 0) is 58.8 Å². The van der Waals surface area contributed by atoms with Crippen molar-refractivity contribution in [1.29, 1.82) is 0 Å². The molecule has 1 aliphatic heterocycles. The van der Waals surface area contributed by atoms with Crippen molar-refractivity contribution < 1.29 is 42.5 Å². The summed E-state index contributed by atoms with van der Waals surface area (Å²) in [5.41, 5.74) is 0.198. The van der Waals surface area contributed by atoms with Crippen LogP contribution < -0.4 is 0 Å². The maximum Gasteiger partial charge on any atom is 0.341 e. The van der Waals surface area contributed by atoms with Gasteiger partial charge in [-0.3, -0.25) is 4.79 Å². The fourth-order valence-electron chi connectivity index (χ4n) is 4.87. The van der Waals surface area contributed by atoms with Gasteiger partial charge in [0.2, 0.25) is 0 Å². The minimum atomic E-state index is -2.19. The van der Waals surface area contributed by atoms with Gasteiger partial charge in [0.05, 0.1) is 32.8 Å². The predicted octanol–water partition coefficient (Wildman–Crippen LogP) is 6.67. The summed E-state index contributed by atoms with van der Waals surface area (Å²) in [5, 5.41) is 10.3. The fourth-order valence-corrected chi connectivity index (χ4v) is 6.22. The predicted molar refractivity (Wildman–Crippen MR) is 164 cm³/mol. The van der Waals surface area contributed by atoms with Crippen LogP contribution in [0.2, 0.25) is 18.1 Å². The maximum absolute atomic E-state index is 13.0. The Hall–Kier alpha value is -2.24. The molecule has 0 radical (unpaired) electrons. The Balaban J connectivity index is 2.49. The summed E-state index contributed by atoms with van der Waals surface area (Å²) in [6.07, 6.45) is 3.21. The Kier molecular flexibility index (Phi) is 12.0. The number of carbonyl (C=O) groups excluding carboxylic acids is 2. The summed E-state index contributed by atoms with van der Waals surface area (Å²) >= 11 is 0. The van der Waals surface area contributed by atoms with Crippen LogP contribution >= 0.6 is 0 Å². The first-order chi connectivity index (χ1) is 19.3. The smallest absolute Gasteiger partial charge is 0.341 e. The van der Waals surface area contributed by atoms with Crippen LogP contribution in [0.4, 0.5) is 0 Å². The Morgan fingerprint density at radius 2 is 1.88 bits per heavy atom. The van der Waals surface area contributed by atoms with Crippen molar-refractivity contribution in [3.05, 3.63) is 47.5 Å². The van der Waals surface area contributed by atoms with Gasteiger partial charge in [0.15, 0.2) is 14.1 Å². The average molecular weight is 609 g/mol. The number of carbonyl (C=O) groups is 2. The van der Waals surface area contributed by atoms with Crippen LogP contribution in [-0.2, 0) is 34.6 Å². The monoisotopic (exact) mass is 608 g/mol. The molecule has 1 aromatic rings. The van der Waals surface area contributed by atoms with Crippen molar-refractivity contribution in [2.75, 3.05) is 20.3 Å². The second-order valence-electron chi connectivity index (χ2n) is 13.3. The van der Waals surface area contributed by atoms with Crippen molar-refractivity contribution in [2.45, 2.75) is 116 Å². The zero-order valence-electron chi connectivity index (χ0n) is 27.4. The van der Waals surface area contributed by atoms with Crippen LogP contribution in [0, 0.1) is 5.92 Å². The molecule has 0 aliphatic carbocycles. The quantitative estimate of drug-likeness (QED) is 0.141. The Morgan fingerprint density at radius 1 is 1.24 bits per heavy atom. The van der Waals surface area contributed by atoms with E-state index in [2.05, 4.69) is 40.4 Å². The molecule has 0 bridgehead atoms. The SMILES string of the molecule is C=C(C)[C@H](/C=C/CC(=O)OC)Cc1oc([C@@H]2OC(C)(C)O[C@]2(C)C[C@@H](CO)O[Si](C)(C)C(C)(C)C)cc1C(=O)OCC. The van der Waals surface area contributed by atoms with Crippen LogP contribution in [-0.4, -0.2) is 63.2 Å². The number of hydrogen-bond acceptors (Lipinski definition) is 9. The molecule has 238 valence electrons. The van der Waals surface area contributed by atoms with Crippen LogP contribution in [0.5, 0.6) is 0 Å². The molecule has 2 heterocycles. The first-order valence-corrected chi connectivity index (χ1v) is 17.5. The molecule has 1 aliphatic rings. The second-order valence-corrected chi connectivity index (χ2v) is 18.0. The van der Waals surface area contributed by atoms with Gasteiger partial charge in [-0.25, -0.2) is 4.79 Å².